The normalized spacial score (nSPS) is 14.1. The fraction of sp³-hybridized carbons (Fsp3) is 0.385. The topological polar surface area (TPSA) is 20.2 Å². The molecule has 0 heterocycles. The highest BCUT2D eigenvalue weighted by Gasteiger charge is 2.09. The Morgan fingerprint density at radius 2 is 1.93 bits per heavy atom. The lowest BCUT2D eigenvalue weighted by atomic mass is 9.99. The van der Waals surface area contributed by atoms with E-state index < -0.39 is 6.10 Å². The minimum absolute atomic E-state index is 0.429. The van der Waals surface area contributed by atoms with E-state index in [9.17, 15) is 5.11 Å². The molecule has 0 amide bonds. The first kappa shape index (κ1) is 11.0. The van der Waals surface area contributed by atoms with Crippen molar-refractivity contribution in [2.45, 2.75) is 32.8 Å². The van der Waals surface area contributed by atoms with Crippen LogP contribution in [0.3, 0.4) is 0 Å². The van der Waals surface area contributed by atoms with E-state index in [0.29, 0.717) is 0 Å². The van der Waals surface area contributed by atoms with Crippen LogP contribution in [0.4, 0.5) is 0 Å². The lowest BCUT2D eigenvalue weighted by Gasteiger charge is -2.13. The molecule has 1 unspecified atom stereocenters. The highest BCUT2D eigenvalue weighted by Crippen LogP contribution is 2.23. The van der Waals surface area contributed by atoms with Crippen LogP contribution < -0.4 is 0 Å². The Morgan fingerprint density at radius 3 is 2.43 bits per heavy atom. The Hall–Kier alpha value is -1.08. The molecule has 0 saturated carbocycles. The maximum absolute atomic E-state index is 10.0. The van der Waals surface area contributed by atoms with Gasteiger partial charge >= 0.3 is 0 Å². The molecule has 0 aromatic heterocycles. The van der Waals surface area contributed by atoms with Crippen molar-refractivity contribution in [2.24, 2.45) is 0 Å². The van der Waals surface area contributed by atoms with E-state index in [2.05, 4.69) is 19.9 Å². The molecule has 0 fully saturated rings. The van der Waals surface area contributed by atoms with Gasteiger partial charge in [0.1, 0.15) is 6.10 Å². The number of aliphatic hydroxyl groups excluding tert-OH is 1. The third-order valence-electron chi connectivity index (χ3n) is 2.34. The van der Waals surface area contributed by atoms with Crippen molar-refractivity contribution in [1.82, 2.24) is 0 Å². The fourth-order valence-electron chi connectivity index (χ4n) is 1.56. The Morgan fingerprint density at radius 1 is 1.29 bits per heavy atom. The Labute approximate surface area is 86.1 Å². The number of aliphatic hydroxyl groups is 1. The first-order valence-corrected chi connectivity index (χ1v) is 5.21. The standard InChI is InChI=1S/C13H18O/c1-3-8-11(4-2)13(14)12-9-6-5-7-10-12/h5-10,13-14H,3-4H2,1-2H3/b11-8+. The molecule has 1 nitrogen and oxygen atoms in total. The van der Waals surface area contributed by atoms with Gasteiger partial charge in [-0.05, 0) is 24.0 Å². The van der Waals surface area contributed by atoms with Crippen LogP contribution in [0, 0.1) is 0 Å². The van der Waals surface area contributed by atoms with E-state index in [4.69, 9.17) is 0 Å². The van der Waals surface area contributed by atoms with Gasteiger partial charge in [0.15, 0.2) is 0 Å². The Bertz CT molecular complexity index is 287. The highest BCUT2D eigenvalue weighted by atomic mass is 16.3. The maximum atomic E-state index is 10.0. The SMILES string of the molecule is CC/C=C(\CC)C(O)c1ccccc1. The molecule has 0 bridgehead atoms. The maximum Gasteiger partial charge on any atom is 0.100 e. The first-order valence-electron chi connectivity index (χ1n) is 5.21. The van der Waals surface area contributed by atoms with Crippen molar-refractivity contribution in [3.63, 3.8) is 0 Å². The van der Waals surface area contributed by atoms with E-state index in [0.717, 1.165) is 24.0 Å². The minimum Gasteiger partial charge on any atom is -0.384 e. The molecule has 1 rings (SSSR count). The summed E-state index contributed by atoms with van der Waals surface area (Å²) in [7, 11) is 0. The van der Waals surface area contributed by atoms with E-state index in [1.165, 1.54) is 0 Å². The van der Waals surface area contributed by atoms with Crippen LogP contribution in [0.5, 0.6) is 0 Å². The third-order valence-corrected chi connectivity index (χ3v) is 2.34. The molecule has 1 aromatic rings. The zero-order chi connectivity index (χ0) is 10.4. The smallest absolute Gasteiger partial charge is 0.100 e. The lowest BCUT2D eigenvalue weighted by molar-refractivity contribution is 0.211. The van der Waals surface area contributed by atoms with Gasteiger partial charge in [-0.25, -0.2) is 0 Å². The molecule has 1 atom stereocenters. The van der Waals surface area contributed by atoms with Crippen molar-refractivity contribution in [2.75, 3.05) is 0 Å². The van der Waals surface area contributed by atoms with Crippen molar-refractivity contribution in [3.05, 3.63) is 47.5 Å². The van der Waals surface area contributed by atoms with Crippen molar-refractivity contribution in [3.8, 4) is 0 Å². The second-order valence-electron chi connectivity index (χ2n) is 3.35. The minimum atomic E-state index is -0.429. The number of allylic oxidation sites excluding steroid dienone is 1. The van der Waals surface area contributed by atoms with Gasteiger partial charge < -0.3 is 5.11 Å². The molecule has 0 saturated heterocycles. The van der Waals surface area contributed by atoms with Crippen molar-refractivity contribution < 1.29 is 5.11 Å². The monoisotopic (exact) mass is 190 g/mol. The summed E-state index contributed by atoms with van der Waals surface area (Å²) in [6.07, 6.45) is 3.57. The van der Waals surface area contributed by atoms with Crippen LogP contribution in [0.15, 0.2) is 42.0 Å². The lowest BCUT2D eigenvalue weighted by Crippen LogP contribution is -2.00. The molecule has 1 heteroatoms. The van der Waals surface area contributed by atoms with E-state index in [-0.39, 0.29) is 0 Å². The first-order chi connectivity index (χ1) is 6.79. The van der Waals surface area contributed by atoms with E-state index in [1.54, 1.807) is 0 Å². The van der Waals surface area contributed by atoms with Gasteiger partial charge in [-0.3, -0.25) is 0 Å². The van der Waals surface area contributed by atoms with Gasteiger partial charge in [0, 0.05) is 0 Å². The summed E-state index contributed by atoms with van der Waals surface area (Å²) in [5.74, 6) is 0. The number of hydrogen-bond donors (Lipinski definition) is 1. The highest BCUT2D eigenvalue weighted by molar-refractivity contribution is 5.25. The van der Waals surface area contributed by atoms with Gasteiger partial charge in [-0.1, -0.05) is 50.3 Å². The van der Waals surface area contributed by atoms with E-state index in [1.807, 2.05) is 30.3 Å². The van der Waals surface area contributed by atoms with Crippen LogP contribution in [-0.4, -0.2) is 5.11 Å². The van der Waals surface area contributed by atoms with Crippen molar-refractivity contribution >= 4 is 0 Å². The average molecular weight is 190 g/mol. The molecule has 0 aliphatic rings. The number of benzene rings is 1. The second kappa shape index (κ2) is 5.61. The van der Waals surface area contributed by atoms with Crippen LogP contribution in [0.2, 0.25) is 0 Å². The summed E-state index contributed by atoms with van der Waals surface area (Å²) in [4.78, 5) is 0. The number of rotatable bonds is 4. The molecule has 1 N–H and O–H groups in total. The molecular formula is C13H18O. The summed E-state index contributed by atoms with van der Waals surface area (Å²) in [5.41, 5.74) is 2.09. The summed E-state index contributed by atoms with van der Waals surface area (Å²) in [5, 5.41) is 10.0. The fourth-order valence-corrected chi connectivity index (χ4v) is 1.56. The third kappa shape index (κ3) is 2.71. The largest absolute Gasteiger partial charge is 0.384 e. The molecule has 0 spiro atoms. The summed E-state index contributed by atoms with van der Waals surface area (Å²) in [6.45, 7) is 4.17. The van der Waals surface area contributed by atoms with Gasteiger partial charge in [0.2, 0.25) is 0 Å². The van der Waals surface area contributed by atoms with Crippen LogP contribution in [0.1, 0.15) is 38.4 Å². The van der Waals surface area contributed by atoms with Crippen molar-refractivity contribution in [1.29, 1.82) is 0 Å². The number of hydrogen-bond acceptors (Lipinski definition) is 1. The van der Waals surface area contributed by atoms with Gasteiger partial charge in [-0.2, -0.15) is 0 Å². The second-order valence-corrected chi connectivity index (χ2v) is 3.35. The predicted octanol–water partition coefficient (Wildman–Crippen LogP) is 3.47. The zero-order valence-electron chi connectivity index (χ0n) is 8.90. The molecule has 0 radical (unpaired) electrons. The molecular weight excluding hydrogens is 172 g/mol. The van der Waals surface area contributed by atoms with Gasteiger partial charge in [0.25, 0.3) is 0 Å². The predicted molar refractivity (Wildman–Crippen MR) is 60.1 cm³/mol. The summed E-state index contributed by atoms with van der Waals surface area (Å²) < 4.78 is 0. The zero-order valence-corrected chi connectivity index (χ0v) is 8.90. The van der Waals surface area contributed by atoms with Crippen LogP contribution in [0.25, 0.3) is 0 Å². The molecule has 0 aliphatic heterocycles. The summed E-state index contributed by atoms with van der Waals surface area (Å²) >= 11 is 0. The van der Waals surface area contributed by atoms with Gasteiger partial charge in [-0.15, -0.1) is 0 Å². The quantitative estimate of drug-likeness (QED) is 0.721. The van der Waals surface area contributed by atoms with Crippen LogP contribution in [-0.2, 0) is 0 Å². The average Bonchev–Trinajstić information content (AvgIpc) is 2.26. The summed E-state index contributed by atoms with van der Waals surface area (Å²) in [6, 6.07) is 9.80. The molecule has 14 heavy (non-hydrogen) atoms. The van der Waals surface area contributed by atoms with E-state index >= 15 is 0 Å². The van der Waals surface area contributed by atoms with Crippen LogP contribution >= 0.6 is 0 Å². The molecule has 0 aliphatic carbocycles. The Balaban J connectivity index is 2.83. The molecule has 1 aromatic carbocycles. The van der Waals surface area contributed by atoms with Gasteiger partial charge in [0.05, 0.1) is 0 Å². The Kier molecular flexibility index (Phi) is 4.41. The molecule has 76 valence electrons.